The first-order chi connectivity index (χ1) is 34.0. The lowest BCUT2D eigenvalue weighted by Gasteiger charge is -2.34. The second-order valence-corrected chi connectivity index (χ2v) is 22.4. The summed E-state index contributed by atoms with van der Waals surface area (Å²) in [5.74, 6) is 1.33. The molecule has 0 bridgehead atoms. The Morgan fingerprint density at radius 1 is 0.806 bits per heavy atom. The zero-order chi connectivity index (χ0) is 55.4. The van der Waals surface area contributed by atoms with Crippen molar-refractivity contribution in [2.24, 2.45) is 16.4 Å². The summed E-state index contributed by atoms with van der Waals surface area (Å²) in [6.07, 6.45) is 5.67. The number of hydrogen-bond acceptors (Lipinski definition) is 16. The van der Waals surface area contributed by atoms with Crippen molar-refractivity contribution in [3.8, 4) is 0 Å². The number of anilines is 2. The van der Waals surface area contributed by atoms with Gasteiger partial charge in [-0.05, 0) is 73.9 Å². The number of nitrogens with two attached hydrogens (primary N) is 2. The molecule has 2 atom stereocenters. The first-order valence-corrected chi connectivity index (χ1v) is 31.2. The van der Waals surface area contributed by atoms with Gasteiger partial charge in [0.25, 0.3) is 20.2 Å². The van der Waals surface area contributed by atoms with E-state index in [0.29, 0.717) is 80.7 Å². The van der Waals surface area contributed by atoms with Crippen molar-refractivity contribution in [1.82, 2.24) is 9.76 Å². The van der Waals surface area contributed by atoms with Crippen LogP contribution in [0.4, 0.5) is 11.4 Å². The summed E-state index contributed by atoms with van der Waals surface area (Å²) < 4.78 is 78.7. The number of aryl methyl sites for hydroxylation is 1. The average molecular weight is 1220 g/mol. The predicted molar refractivity (Wildman–Crippen MR) is 294 cm³/mol. The quantitative estimate of drug-likeness (QED) is 0.0174. The summed E-state index contributed by atoms with van der Waals surface area (Å²) in [7, 11) is -8.78. The van der Waals surface area contributed by atoms with Gasteiger partial charge in [0.05, 0.1) is 39.4 Å². The molecule has 1 aliphatic rings. The van der Waals surface area contributed by atoms with Crippen molar-refractivity contribution >= 4 is 129 Å². The smallest absolute Gasteiger partial charge is 0.343 e. The Morgan fingerprint density at radius 3 is 1.57 bits per heavy atom. The number of carboxylic acids is 2. The van der Waals surface area contributed by atoms with Crippen LogP contribution in [-0.4, -0.2) is 170 Å². The molecule has 1 aliphatic heterocycles. The molecule has 2 aromatic carbocycles. The fourth-order valence-electron chi connectivity index (χ4n) is 5.59. The van der Waals surface area contributed by atoms with Gasteiger partial charge in [0, 0.05) is 98.9 Å². The predicted octanol–water partition coefficient (Wildman–Crippen LogP) is 7.44. The number of carboxylic acid groups (broad SMARTS) is 2. The number of nitroso groups, excluding NO2 is 1. The summed E-state index contributed by atoms with van der Waals surface area (Å²) in [6, 6.07) is 14.9. The van der Waals surface area contributed by atoms with Crippen molar-refractivity contribution in [3.63, 3.8) is 0 Å². The fraction of sp³-hybridized carbons (Fsp3) is 0.659. The fourth-order valence-corrected chi connectivity index (χ4v) is 9.79. The highest BCUT2D eigenvalue weighted by atomic mass is 35.5. The van der Waals surface area contributed by atoms with Gasteiger partial charge in [-0.15, -0.1) is 69.6 Å². The Balaban J connectivity index is -0.000000856. The monoisotopic (exact) mass is 1220 g/mol. The van der Waals surface area contributed by atoms with E-state index >= 15 is 0 Å². The van der Waals surface area contributed by atoms with E-state index in [1.165, 1.54) is 7.05 Å². The standard InChI is InChI=1S/C14H19Cl2NO2.C13H18Cl2N2O2.C7H15Cl2N2O2P.C6H14O6S2.CH3NO.H2NOP/c15-8-10-17(11-9-16)13-6-4-12(5-7-13)2-1-3-14(18)19;14-5-7-17(8-6-15)11-3-1-10(2-4-11)9-12(16)13(18)19;8-2-4-10-14(12)11(6-3-9)5-1-7-13-14;1-13(7,8)11-5-3-4-6-12-14(2,9)10;1-2-3;1-3-2/h4-7H,1-3,8-11H2,(H,18,19);1-4,12H,5-9,16H2,(H,18,19);1-7H2,(H,10,12);3-6H2,1-2H3;1H3;(H2,1,2)/t;12-;;;;/m.0..../s1. The topological polar surface area (TPSA) is 308 Å². The molecule has 0 amide bonds. The van der Waals surface area contributed by atoms with Gasteiger partial charge in [-0.3, -0.25) is 32.6 Å². The van der Waals surface area contributed by atoms with Crippen LogP contribution in [0.1, 0.15) is 43.2 Å². The Labute approximate surface area is 457 Å². The Kier molecular flexibility index (Phi) is 48.2. The third kappa shape index (κ3) is 42.5. The molecule has 72 heavy (non-hydrogen) atoms. The van der Waals surface area contributed by atoms with E-state index in [4.69, 9.17) is 99.5 Å². The molecule has 1 fully saturated rings. The van der Waals surface area contributed by atoms with Crippen LogP contribution in [-0.2, 0) is 64.7 Å². The average Bonchev–Trinajstić information content (AvgIpc) is 3.31. The van der Waals surface area contributed by atoms with E-state index in [9.17, 15) is 31.0 Å². The third-order valence-electron chi connectivity index (χ3n) is 8.73. The van der Waals surface area contributed by atoms with Gasteiger partial charge < -0.3 is 30.3 Å². The highest BCUT2D eigenvalue weighted by Crippen LogP contribution is 2.48. The second kappa shape index (κ2) is 46.6. The molecule has 1 unspecified atom stereocenters. The zero-order valence-corrected chi connectivity index (χ0v) is 48.6. The van der Waals surface area contributed by atoms with Gasteiger partial charge in [-0.25, -0.2) is 9.76 Å². The molecule has 0 saturated carbocycles. The highest BCUT2D eigenvalue weighted by Gasteiger charge is 2.33. The molecule has 0 aromatic heterocycles. The van der Waals surface area contributed by atoms with E-state index in [-0.39, 0.29) is 28.2 Å². The lowest BCUT2D eigenvalue weighted by Crippen LogP contribution is -2.36. The number of unbranched alkanes of at least 4 members (excludes halogenated alkanes) is 1. The van der Waals surface area contributed by atoms with Gasteiger partial charge in [0.1, 0.15) is 6.04 Å². The Hall–Kier alpha value is -1.73. The summed E-state index contributed by atoms with van der Waals surface area (Å²) in [4.78, 5) is 33.9. The minimum absolute atomic E-state index is 0.0476. The van der Waals surface area contributed by atoms with Gasteiger partial charge in [0.2, 0.25) is 8.61 Å². The number of nitrogens with zero attached hydrogens (tertiary/aromatic N) is 4. The summed E-state index contributed by atoms with van der Waals surface area (Å²) in [5, 5.41) is 22.5. The lowest BCUT2D eigenvalue weighted by molar-refractivity contribution is -0.139. The number of aliphatic carboxylic acids is 2. The van der Waals surface area contributed by atoms with E-state index in [2.05, 4.69) is 33.9 Å². The van der Waals surface area contributed by atoms with Crippen LogP contribution in [0.25, 0.3) is 0 Å². The Bertz CT molecular complexity index is 1940. The molecule has 1 heterocycles. The molecule has 0 aliphatic carbocycles. The van der Waals surface area contributed by atoms with Crippen molar-refractivity contribution < 1.29 is 58.7 Å². The molecule has 2 aromatic rings. The van der Waals surface area contributed by atoms with Gasteiger partial charge in [-0.1, -0.05) is 29.4 Å². The number of carbonyl (C=O) groups is 2. The minimum atomic E-state index is -3.40. The maximum Gasteiger partial charge on any atom is 0.343 e. The van der Waals surface area contributed by atoms with Crippen molar-refractivity contribution in [2.75, 3.05) is 130 Å². The SMILES string of the molecule is CN=O.CS(=O)(=O)OCCCCOS(C)(=O)=O.NP=O.N[C@@H](Cc1ccc(N(CCCl)CCCl)cc1)C(=O)O.O=C(O)CCCc1ccc(N(CCCl)CCCl)cc1.O=P1(NCCCl)OCCCN1CCCl. The van der Waals surface area contributed by atoms with Crippen LogP contribution < -0.4 is 26.1 Å². The molecular weight excluding hydrogens is 1150 g/mol. The first-order valence-electron chi connectivity index (χ1n) is 21.9. The van der Waals surface area contributed by atoms with E-state index in [0.717, 1.165) is 80.6 Å². The van der Waals surface area contributed by atoms with Crippen LogP contribution in [0, 0.1) is 4.91 Å². The normalized spacial score (nSPS) is 14.7. The second-order valence-electron chi connectivity index (χ2n) is 14.5. The van der Waals surface area contributed by atoms with Crippen LogP contribution in [0.2, 0.25) is 0 Å². The summed E-state index contributed by atoms with van der Waals surface area (Å²) >= 11 is 34.2. The Morgan fingerprint density at radius 2 is 1.22 bits per heavy atom. The number of alkyl halides is 6. The third-order valence-corrected chi connectivity index (χ3v) is 13.3. The molecule has 31 heteroatoms. The minimum Gasteiger partial charge on any atom is -0.481 e. The number of nitrogens with one attached hydrogen (secondary N) is 1. The molecule has 7 N–H and O–H groups in total. The van der Waals surface area contributed by atoms with Crippen LogP contribution >= 0.6 is 85.9 Å². The van der Waals surface area contributed by atoms with Crippen LogP contribution in [0.3, 0.4) is 0 Å². The van der Waals surface area contributed by atoms with Gasteiger partial charge in [-0.2, -0.15) is 21.7 Å². The largest absolute Gasteiger partial charge is 0.481 e. The van der Waals surface area contributed by atoms with Gasteiger partial charge in [0.15, 0.2) is 0 Å². The van der Waals surface area contributed by atoms with Gasteiger partial charge >= 0.3 is 19.6 Å². The van der Waals surface area contributed by atoms with Crippen molar-refractivity contribution in [3.05, 3.63) is 64.6 Å². The maximum absolute atomic E-state index is 12.2. The number of halogens is 6. The summed E-state index contributed by atoms with van der Waals surface area (Å²) in [6.45, 7) is 5.44. The number of rotatable bonds is 29. The highest BCUT2D eigenvalue weighted by molar-refractivity contribution is 7.86. The van der Waals surface area contributed by atoms with E-state index in [1.807, 2.05) is 48.5 Å². The number of hydrogen-bond donors (Lipinski definition) is 5. The number of benzene rings is 2. The summed E-state index contributed by atoms with van der Waals surface area (Å²) in [5.41, 5.74) is 13.9. The van der Waals surface area contributed by atoms with Crippen molar-refractivity contribution in [2.45, 2.75) is 51.0 Å². The maximum atomic E-state index is 12.2. The molecule has 0 radical (unpaired) electrons. The zero-order valence-electron chi connectivity index (χ0n) is 40.7. The van der Waals surface area contributed by atoms with E-state index < -0.39 is 45.9 Å². The molecule has 1 saturated heterocycles. The molecule has 21 nitrogen and oxygen atoms in total. The van der Waals surface area contributed by atoms with Crippen LogP contribution in [0.5, 0.6) is 0 Å². The first kappa shape index (κ1) is 74.5. The molecule has 0 spiro atoms. The molecule has 3 rings (SSSR count). The molecule has 418 valence electrons. The van der Waals surface area contributed by atoms with Crippen molar-refractivity contribution in [1.29, 1.82) is 0 Å². The van der Waals surface area contributed by atoms with E-state index in [1.54, 1.807) is 4.67 Å². The van der Waals surface area contributed by atoms with Crippen LogP contribution in [0.15, 0.2) is 53.7 Å². The molecular formula is C41H71Cl6N7O14P2S2. The lowest BCUT2D eigenvalue weighted by atomic mass is 10.1.